The molecule has 5 rings (SSSR count). The third-order valence-electron chi connectivity index (χ3n) is 9.38. The van der Waals surface area contributed by atoms with Crippen LogP contribution in [0.2, 0.25) is 0 Å². The van der Waals surface area contributed by atoms with Crippen LogP contribution in [0.25, 0.3) is 0 Å². The van der Waals surface area contributed by atoms with Gasteiger partial charge < -0.3 is 30.3 Å². The van der Waals surface area contributed by atoms with Gasteiger partial charge in [0.2, 0.25) is 5.91 Å². The summed E-state index contributed by atoms with van der Waals surface area (Å²) in [6, 6.07) is 23.3. The van der Waals surface area contributed by atoms with Crippen LogP contribution in [-0.2, 0) is 38.6 Å². The van der Waals surface area contributed by atoms with Gasteiger partial charge in [0.1, 0.15) is 18.0 Å². The van der Waals surface area contributed by atoms with E-state index in [1.54, 1.807) is 20.8 Å². The number of aliphatic hydroxyl groups excluding tert-OH is 2. The van der Waals surface area contributed by atoms with Crippen molar-refractivity contribution in [1.29, 1.82) is 0 Å². The summed E-state index contributed by atoms with van der Waals surface area (Å²) in [6.45, 7) is 7.34. The quantitative estimate of drug-likeness (QED) is 0.196. The first-order chi connectivity index (χ1) is 24.2. The van der Waals surface area contributed by atoms with Crippen molar-refractivity contribution in [3.63, 3.8) is 0 Å². The van der Waals surface area contributed by atoms with Gasteiger partial charge in [0.15, 0.2) is 9.84 Å². The van der Waals surface area contributed by atoms with Crippen LogP contribution >= 0.6 is 0 Å². The molecule has 0 bridgehead atoms. The minimum Gasteiger partial charge on any atom is -0.492 e. The Morgan fingerprint density at radius 3 is 2.25 bits per heavy atom. The number of alkyl carbamates (subject to hydrolysis) is 1. The van der Waals surface area contributed by atoms with Gasteiger partial charge in [0.05, 0.1) is 35.8 Å². The number of hydrogen-bond acceptors (Lipinski definition) is 9. The van der Waals surface area contributed by atoms with E-state index in [0.717, 1.165) is 22.3 Å². The predicted octanol–water partition coefficient (Wildman–Crippen LogP) is 3.62. The second kappa shape index (κ2) is 17.0. The van der Waals surface area contributed by atoms with E-state index in [1.807, 2.05) is 78.9 Å². The molecule has 2 aliphatic rings. The molecule has 0 radical (unpaired) electrons. The van der Waals surface area contributed by atoms with Crippen LogP contribution in [0.15, 0.2) is 78.9 Å². The molecule has 11 nitrogen and oxygen atoms in total. The Hall–Kier alpha value is -3.97. The monoisotopic (exact) mass is 721 g/mol. The van der Waals surface area contributed by atoms with Crippen molar-refractivity contribution in [3.05, 3.63) is 101 Å². The highest BCUT2D eigenvalue weighted by molar-refractivity contribution is 7.91. The lowest BCUT2D eigenvalue weighted by Gasteiger charge is -2.30. The molecule has 12 heteroatoms. The summed E-state index contributed by atoms with van der Waals surface area (Å²) in [5.74, 6) is -0.0298. The van der Waals surface area contributed by atoms with Gasteiger partial charge in [-0.2, -0.15) is 0 Å². The van der Waals surface area contributed by atoms with E-state index >= 15 is 0 Å². The lowest BCUT2D eigenvalue weighted by Crippen LogP contribution is -2.48. The first-order valence-electron chi connectivity index (χ1n) is 17.7. The van der Waals surface area contributed by atoms with Gasteiger partial charge >= 0.3 is 6.09 Å². The molecule has 1 unspecified atom stereocenters. The maximum Gasteiger partial charge on any atom is 0.407 e. The number of hydrogen-bond donors (Lipinski definition) is 4. The van der Waals surface area contributed by atoms with Crippen LogP contribution in [0.4, 0.5) is 4.79 Å². The summed E-state index contributed by atoms with van der Waals surface area (Å²) in [5.41, 5.74) is 2.88. The number of benzene rings is 3. The van der Waals surface area contributed by atoms with Crippen LogP contribution in [0, 0.1) is 5.92 Å². The smallest absolute Gasteiger partial charge is 0.407 e. The number of carbonyl (C=O) groups is 2. The van der Waals surface area contributed by atoms with Crippen molar-refractivity contribution < 1.29 is 37.7 Å². The summed E-state index contributed by atoms with van der Waals surface area (Å²) >= 11 is 0. The first kappa shape index (κ1) is 38.3. The van der Waals surface area contributed by atoms with Gasteiger partial charge in [-0.3, -0.25) is 9.69 Å². The molecular formula is C39H51N3O8S. The molecule has 0 saturated carbocycles. The minimum atomic E-state index is -2.94. The molecule has 1 fully saturated rings. The molecule has 1 aliphatic carbocycles. The Kier molecular flexibility index (Phi) is 12.8. The lowest BCUT2D eigenvalue weighted by molar-refractivity contribution is -0.127. The minimum absolute atomic E-state index is 0.0351. The number of nitrogens with zero attached hydrogens (tertiary/aromatic N) is 1. The number of amides is 2. The van der Waals surface area contributed by atoms with Crippen molar-refractivity contribution in [2.24, 2.45) is 5.92 Å². The molecule has 1 heterocycles. The molecule has 1 saturated heterocycles. The largest absolute Gasteiger partial charge is 0.492 e. The third kappa shape index (κ3) is 11.5. The van der Waals surface area contributed by atoms with E-state index in [0.29, 0.717) is 51.3 Å². The topological polar surface area (TPSA) is 154 Å². The lowest BCUT2D eigenvalue weighted by atomic mass is 9.88. The van der Waals surface area contributed by atoms with Crippen molar-refractivity contribution in [2.75, 3.05) is 37.7 Å². The number of fused-ring (bicyclic) bond motifs is 1. The van der Waals surface area contributed by atoms with Gasteiger partial charge in [-0.1, -0.05) is 66.7 Å². The third-order valence-corrected chi connectivity index (χ3v) is 11.0. The average Bonchev–Trinajstić information content (AvgIpc) is 3.39. The molecule has 0 aromatic heterocycles. The number of aliphatic hydroxyl groups is 2. The van der Waals surface area contributed by atoms with Crippen LogP contribution in [0.5, 0.6) is 5.75 Å². The molecule has 3 aromatic carbocycles. The van der Waals surface area contributed by atoms with Gasteiger partial charge in [-0.15, -0.1) is 0 Å². The summed E-state index contributed by atoms with van der Waals surface area (Å²) in [6.07, 6.45) is -1.46. The zero-order chi connectivity index (χ0) is 36.6. The summed E-state index contributed by atoms with van der Waals surface area (Å²) < 4.78 is 34.9. The summed E-state index contributed by atoms with van der Waals surface area (Å²) in [7, 11) is -2.94. The van der Waals surface area contributed by atoms with Crippen molar-refractivity contribution in [1.82, 2.24) is 15.5 Å². The standard InChI is InChI=1S/C39H51N3O8S/c1-39(2,3)50-38(46)40-33(24-27-9-5-4-6-10-27)34(43)26-30(37(45)41-36-32-12-8-7-11-29(32)25-35(36)44)23-28-13-15-31(16-14-28)49-20-17-42-18-21-51(47,48)22-19-42/h4-16,30,33-36,43-44H,17-26H2,1-3H3,(H,40,46)(H,41,45)/t30-,33-,34-,35+,36?/m0/s1. The summed E-state index contributed by atoms with van der Waals surface area (Å²) in [5, 5.41) is 28.5. The van der Waals surface area contributed by atoms with E-state index < -0.39 is 51.7 Å². The number of rotatable bonds is 14. The number of sulfone groups is 1. The second-order valence-electron chi connectivity index (χ2n) is 14.6. The number of carbonyl (C=O) groups excluding carboxylic acids is 2. The SMILES string of the molecule is CC(C)(C)OC(=O)N[C@@H](Cc1ccccc1)[C@@H](O)C[C@H](Cc1ccc(OCCN2CCS(=O)(=O)CC2)cc1)C(=O)NC1c2ccccc2C[C@H]1O. The van der Waals surface area contributed by atoms with Gasteiger partial charge in [-0.05, 0) is 74.4 Å². The highest BCUT2D eigenvalue weighted by Gasteiger charge is 2.35. The second-order valence-corrected chi connectivity index (χ2v) is 16.9. The fraction of sp³-hybridized carbons (Fsp3) is 0.487. The molecule has 0 spiro atoms. The van der Waals surface area contributed by atoms with Gasteiger partial charge in [0, 0.05) is 32.0 Å². The van der Waals surface area contributed by atoms with Crippen LogP contribution < -0.4 is 15.4 Å². The molecule has 276 valence electrons. The highest BCUT2D eigenvalue weighted by Crippen LogP contribution is 2.32. The Morgan fingerprint density at radius 2 is 1.57 bits per heavy atom. The Labute approximate surface area is 301 Å². The average molecular weight is 722 g/mol. The zero-order valence-electron chi connectivity index (χ0n) is 29.7. The molecule has 3 aromatic rings. The Balaban J connectivity index is 1.29. The molecule has 5 atom stereocenters. The molecular weight excluding hydrogens is 671 g/mol. The predicted molar refractivity (Wildman–Crippen MR) is 195 cm³/mol. The normalized spacial score (nSPS) is 20.4. The van der Waals surface area contributed by atoms with Crippen LogP contribution in [0.3, 0.4) is 0 Å². The first-order valence-corrected chi connectivity index (χ1v) is 19.5. The zero-order valence-corrected chi connectivity index (χ0v) is 30.5. The number of ether oxygens (including phenoxy) is 2. The fourth-order valence-electron chi connectivity index (χ4n) is 6.64. The molecule has 51 heavy (non-hydrogen) atoms. The summed E-state index contributed by atoms with van der Waals surface area (Å²) in [4.78, 5) is 29.0. The van der Waals surface area contributed by atoms with E-state index in [9.17, 15) is 28.2 Å². The van der Waals surface area contributed by atoms with Gasteiger partial charge in [0.25, 0.3) is 0 Å². The maximum atomic E-state index is 14.1. The molecule has 1 aliphatic heterocycles. The van der Waals surface area contributed by atoms with Crippen LogP contribution in [0.1, 0.15) is 55.5 Å². The van der Waals surface area contributed by atoms with Crippen molar-refractivity contribution in [2.45, 2.75) is 76.3 Å². The van der Waals surface area contributed by atoms with Crippen LogP contribution in [-0.4, -0.2) is 97.1 Å². The fourth-order valence-corrected chi connectivity index (χ4v) is 7.92. The van der Waals surface area contributed by atoms with E-state index in [2.05, 4.69) is 15.5 Å². The highest BCUT2D eigenvalue weighted by atomic mass is 32.2. The molecule has 4 N–H and O–H groups in total. The van der Waals surface area contributed by atoms with Crippen molar-refractivity contribution in [3.8, 4) is 5.75 Å². The van der Waals surface area contributed by atoms with E-state index in [1.165, 1.54) is 0 Å². The number of nitrogens with one attached hydrogen (secondary N) is 2. The maximum absolute atomic E-state index is 14.1. The molecule has 2 amide bonds. The Bertz CT molecular complexity index is 1700. The van der Waals surface area contributed by atoms with Gasteiger partial charge in [-0.25, -0.2) is 13.2 Å². The Morgan fingerprint density at radius 1 is 0.922 bits per heavy atom. The van der Waals surface area contributed by atoms with E-state index in [4.69, 9.17) is 9.47 Å². The van der Waals surface area contributed by atoms with Crippen molar-refractivity contribution >= 4 is 21.8 Å². The van der Waals surface area contributed by atoms with E-state index in [-0.39, 0.29) is 23.8 Å².